The van der Waals surface area contributed by atoms with Crippen molar-refractivity contribution in [2.24, 2.45) is 0 Å². The number of carbonyl (C=O) groups excluding carboxylic acids is 1. The average molecular weight is 355 g/mol. The quantitative estimate of drug-likeness (QED) is 0.674. The Kier molecular flexibility index (Phi) is 6.86. The zero-order valence-corrected chi connectivity index (χ0v) is 15.2. The summed E-state index contributed by atoms with van der Waals surface area (Å²) < 4.78 is 1.39. The number of aromatic amines is 1. The van der Waals surface area contributed by atoms with E-state index in [-0.39, 0.29) is 11.3 Å². The molecule has 2 N–H and O–H groups in total. The molecule has 0 unspecified atom stereocenters. The Bertz CT molecular complexity index is 864. The highest BCUT2D eigenvalue weighted by Gasteiger charge is 2.19. The second kappa shape index (κ2) is 9.10. The first kappa shape index (κ1) is 19.6. The largest absolute Gasteiger partial charge is 0.328 e. The molecule has 0 aliphatic carbocycles. The molecule has 2 aromatic rings. The van der Waals surface area contributed by atoms with E-state index in [4.69, 9.17) is 0 Å². The van der Waals surface area contributed by atoms with Crippen LogP contribution in [0.3, 0.4) is 0 Å². The lowest BCUT2D eigenvalue weighted by molar-refractivity contribution is -0.118. The van der Waals surface area contributed by atoms with Gasteiger partial charge in [0.25, 0.3) is 5.56 Å². The van der Waals surface area contributed by atoms with E-state index < -0.39 is 11.2 Å². The second-order valence-corrected chi connectivity index (χ2v) is 6.66. The Morgan fingerprint density at radius 1 is 1.15 bits per heavy atom. The molecule has 0 aliphatic heterocycles. The summed E-state index contributed by atoms with van der Waals surface area (Å²) in [6.07, 6.45) is 6.19. The molecule has 0 saturated heterocycles. The minimum atomic E-state index is -0.439. The number of carbonyl (C=O) groups is 1. The molecule has 1 heterocycles. The predicted octanol–water partition coefficient (Wildman–Crippen LogP) is 1.97. The van der Waals surface area contributed by atoms with E-state index >= 15 is 0 Å². The molecule has 0 bridgehead atoms. The van der Waals surface area contributed by atoms with E-state index in [0.717, 1.165) is 5.56 Å². The Balaban J connectivity index is 1.73. The van der Waals surface area contributed by atoms with Crippen molar-refractivity contribution in [1.82, 2.24) is 14.9 Å². The fourth-order valence-corrected chi connectivity index (χ4v) is 2.50. The molecule has 2 rings (SSSR count). The summed E-state index contributed by atoms with van der Waals surface area (Å²) in [6.45, 7) is 4.78. The smallest absolute Gasteiger partial charge is 0.301 e. The molecule has 0 spiro atoms. The normalized spacial score (nSPS) is 11.8. The molecule has 0 aliphatic rings. The summed E-state index contributed by atoms with van der Waals surface area (Å²) in [6, 6.07) is 11.3. The van der Waals surface area contributed by atoms with E-state index in [1.807, 2.05) is 42.5 Å². The minimum Gasteiger partial charge on any atom is -0.301 e. The van der Waals surface area contributed by atoms with Gasteiger partial charge in [-0.25, -0.2) is 4.79 Å². The molecule has 1 aromatic carbocycles. The van der Waals surface area contributed by atoms with Crippen molar-refractivity contribution >= 4 is 5.78 Å². The molecule has 0 atom stereocenters. The zero-order chi connectivity index (χ0) is 19.0. The van der Waals surface area contributed by atoms with Crippen LogP contribution in [0, 0.1) is 0 Å². The first-order valence-electron chi connectivity index (χ1n) is 8.65. The van der Waals surface area contributed by atoms with Gasteiger partial charge < -0.3 is 5.32 Å². The lowest BCUT2D eigenvalue weighted by Gasteiger charge is -2.26. The number of nitrogens with zero attached hydrogens (tertiary/aromatic N) is 1. The SMILES string of the molecule is CC(C)(NCC(=O)CC/C=C\Cn1ccc(=O)[nH]c1=O)c1ccccc1. The number of Topliss-reactive ketones (excluding diaryl/α,β-unsaturated/α-hetero) is 1. The van der Waals surface area contributed by atoms with Crippen molar-refractivity contribution in [2.75, 3.05) is 6.54 Å². The van der Waals surface area contributed by atoms with Crippen LogP contribution in [0.4, 0.5) is 0 Å². The van der Waals surface area contributed by atoms with Gasteiger partial charge in [0.15, 0.2) is 0 Å². The van der Waals surface area contributed by atoms with Crippen LogP contribution in [0.25, 0.3) is 0 Å². The first-order valence-corrected chi connectivity index (χ1v) is 8.65. The van der Waals surface area contributed by atoms with Gasteiger partial charge in [0.1, 0.15) is 5.78 Å². The van der Waals surface area contributed by atoms with Crippen molar-refractivity contribution in [1.29, 1.82) is 0 Å². The summed E-state index contributed by atoms with van der Waals surface area (Å²) in [4.78, 5) is 36.8. The van der Waals surface area contributed by atoms with E-state index in [9.17, 15) is 14.4 Å². The van der Waals surface area contributed by atoms with Crippen molar-refractivity contribution < 1.29 is 4.79 Å². The highest BCUT2D eigenvalue weighted by atomic mass is 16.2. The number of nitrogens with one attached hydrogen (secondary N) is 2. The van der Waals surface area contributed by atoms with Crippen LogP contribution >= 0.6 is 0 Å². The molecule has 0 radical (unpaired) electrons. The standard InChI is InChI=1S/C20H25N3O3/c1-20(2,16-9-5-3-6-10-16)21-15-17(24)11-7-4-8-13-23-14-12-18(25)22-19(23)26/h3-6,8-10,12,14,21H,7,11,13,15H2,1-2H3,(H,22,25,26)/b8-4-. The third-order valence-electron chi connectivity index (χ3n) is 4.18. The average Bonchev–Trinajstić information content (AvgIpc) is 2.62. The number of H-pyrrole nitrogens is 1. The molecule has 0 saturated carbocycles. The van der Waals surface area contributed by atoms with Gasteiger partial charge in [-0.15, -0.1) is 0 Å². The van der Waals surface area contributed by atoms with E-state index in [2.05, 4.69) is 24.1 Å². The predicted molar refractivity (Wildman–Crippen MR) is 102 cm³/mol. The van der Waals surface area contributed by atoms with Gasteiger partial charge in [-0.1, -0.05) is 42.5 Å². The van der Waals surface area contributed by atoms with Crippen LogP contribution in [0.2, 0.25) is 0 Å². The van der Waals surface area contributed by atoms with Gasteiger partial charge >= 0.3 is 5.69 Å². The molecule has 26 heavy (non-hydrogen) atoms. The van der Waals surface area contributed by atoms with Gasteiger partial charge in [0, 0.05) is 30.8 Å². The monoisotopic (exact) mass is 355 g/mol. The van der Waals surface area contributed by atoms with E-state index in [1.165, 1.54) is 16.8 Å². The van der Waals surface area contributed by atoms with Crippen molar-refractivity contribution in [3.05, 3.63) is 81.1 Å². The summed E-state index contributed by atoms with van der Waals surface area (Å²) in [7, 11) is 0. The molecule has 0 amide bonds. The van der Waals surface area contributed by atoms with Crippen molar-refractivity contribution in [3.63, 3.8) is 0 Å². The van der Waals surface area contributed by atoms with Crippen molar-refractivity contribution in [2.45, 2.75) is 38.8 Å². The fourth-order valence-electron chi connectivity index (χ4n) is 2.50. The molecule has 6 heteroatoms. The second-order valence-electron chi connectivity index (χ2n) is 6.66. The van der Waals surface area contributed by atoms with E-state index in [0.29, 0.717) is 25.9 Å². The Morgan fingerprint density at radius 3 is 2.58 bits per heavy atom. The third kappa shape index (κ3) is 5.97. The summed E-state index contributed by atoms with van der Waals surface area (Å²) >= 11 is 0. The highest BCUT2D eigenvalue weighted by molar-refractivity contribution is 5.80. The molecule has 6 nitrogen and oxygen atoms in total. The molecule has 1 aromatic heterocycles. The summed E-state index contributed by atoms with van der Waals surface area (Å²) in [5.41, 5.74) is 0.0226. The Hall–Kier alpha value is -2.73. The number of hydrogen-bond donors (Lipinski definition) is 2. The lowest BCUT2D eigenvalue weighted by Crippen LogP contribution is -2.39. The van der Waals surface area contributed by atoms with Crippen LogP contribution in [0.5, 0.6) is 0 Å². The molecule has 138 valence electrons. The van der Waals surface area contributed by atoms with E-state index in [1.54, 1.807) is 0 Å². The van der Waals surface area contributed by atoms with Crippen LogP contribution in [0.1, 0.15) is 32.3 Å². The van der Waals surface area contributed by atoms with Crippen LogP contribution < -0.4 is 16.6 Å². The molecule has 0 fully saturated rings. The maximum absolute atomic E-state index is 12.1. The van der Waals surface area contributed by atoms with Gasteiger partial charge in [0.05, 0.1) is 6.54 Å². The topological polar surface area (TPSA) is 84.0 Å². The lowest BCUT2D eigenvalue weighted by atomic mass is 9.94. The number of allylic oxidation sites excluding steroid dienone is 2. The molecular weight excluding hydrogens is 330 g/mol. The maximum Gasteiger partial charge on any atom is 0.328 e. The molecular formula is C20H25N3O3. The number of rotatable bonds is 9. The maximum atomic E-state index is 12.1. The van der Waals surface area contributed by atoms with Crippen LogP contribution in [-0.2, 0) is 16.9 Å². The van der Waals surface area contributed by atoms with Gasteiger partial charge in [-0.05, 0) is 25.8 Å². The summed E-state index contributed by atoms with van der Waals surface area (Å²) in [5, 5.41) is 3.30. The number of hydrogen-bond acceptors (Lipinski definition) is 4. The van der Waals surface area contributed by atoms with Crippen molar-refractivity contribution in [3.8, 4) is 0 Å². The fraction of sp³-hybridized carbons (Fsp3) is 0.350. The van der Waals surface area contributed by atoms with Gasteiger partial charge in [0.2, 0.25) is 0 Å². The van der Waals surface area contributed by atoms with Crippen LogP contribution in [0.15, 0.2) is 64.3 Å². The van der Waals surface area contributed by atoms with Crippen LogP contribution in [-0.4, -0.2) is 21.9 Å². The number of aromatic nitrogens is 2. The summed E-state index contributed by atoms with van der Waals surface area (Å²) in [5.74, 6) is 0.139. The Labute approximate surface area is 152 Å². The third-order valence-corrected chi connectivity index (χ3v) is 4.18. The highest BCUT2D eigenvalue weighted by Crippen LogP contribution is 2.18. The Morgan fingerprint density at radius 2 is 1.88 bits per heavy atom. The first-order chi connectivity index (χ1) is 12.4. The number of benzene rings is 1. The van der Waals surface area contributed by atoms with Gasteiger partial charge in [-0.2, -0.15) is 0 Å². The minimum absolute atomic E-state index is 0.139. The van der Waals surface area contributed by atoms with Gasteiger partial charge in [-0.3, -0.25) is 19.1 Å². The zero-order valence-electron chi connectivity index (χ0n) is 15.2. The number of ketones is 1.